The van der Waals surface area contributed by atoms with Gasteiger partial charge in [-0.25, -0.2) is 0 Å². The first-order chi connectivity index (χ1) is 10.2. The molecular weight excluding hydrogens is 278 g/mol. The van der Waals surface area contributed by atoms with Crippen molar-refractivity contribution in [3.63, 3.8) is 0 Å². The highest BCUT2D eigenvalue weighted by Gasteiger charge is 2.48. The van der Waals surface area contributed by atoms with Crippen LogP contribution in [0.25, 0.3) is 10.4 Å². The van der Waals surface area contributed by atoms with E-state index >= 15 is 0 Å². The molecule has 112 valence electrons. The highest BCUT2D eigenvalue weighted by Crippen LogP contribution is 2.34. The van der Waals surface area contributed by atoms with Gasteiger partial charge in [-0.15, -0.1) is 0 Å². The number of hydrogen-bond donors (Lipinski definition) is 2. The molecule has 2 saturated heterocycles. The Morgan fingerprint density at radius 3 is 2.67 bits per heavy atom. The SMILES string of the molecule is [N-]=[N+]=N[C@H]1C(O)O[C@@H]2CO[C@@H](c3ccccc3)O[C@H]2[C@@H]1O. The van der Waals surface area contributed by atoms with Gasteiger partial charge in [0.2, 0.25) is 0 Å². The highest BCUT2D eigenvalue weighted by atomic mass is 16.7. The van der Waals surface area contributed by atoms with Gasteiger partial charge in [-0.2, -0.15) is 0 Å². The molecule has 3 rings (SSSR count). The number of benzene rings is 1. The Morgan fingerprint density at radius 1 is 1.19 bits per heavy atom. The third-order valence-corrected chi connectivity index (χ3v) is 3.61. The number of fused-ring (bicyclic) bond motifs is 1. The van der Waals surface area contributed by atoms with E-state index in [0.717, 1.165) is 5.56 Å². The fourth-order valence-corrected chi connectivity index (χ4v) is 2.56. The predicted octanol–water partition coefficient (Wildman–Crippen LogP) is 0.858. The lowest BCUT2D eigenvalue weighted by molar-refractivity contribution is -0.335. The van der Waals surface area contributed by atoms with Crippen LogP contribution in [0.5, 0.6) is 0 Å². The molecule has 8 heteroatoms. The second-order valence-corrected chi connectivity index (χ2v) is 4.93. The summed E-state index contributed by atoms with van der Waals surface area (Å²) in [7, 11) is 0. The summed E-state index contributed by atoms with van der Waals surface area (Å²) >= 11 is 0. The standard InChI is InChI=1S/C13H15N3O5/c14-16-15-9-10(17)11-8(20-12(9)18)6-19-13(21-11)7-4-2-1-3-5-7/h1-5,8-13,17-18H,6H2/t8-,9-,10-,11-,12?,13-/m1/s1. The molecule has 1 unspecified atom stereocenters. The molecule has 0 spiro atoms. The second kappa shape index (κ2) is 5.98. The number of nitrogens with zero attached hydrogens (tertiary/aromatic N) is 3. The summed E-state index contributed by atoms with van der Waals surface area (Å²) < 4.78 is 16.6. The van der Waals surface area contributed by atoms with Crippen molar-refractivity contribution in [3.8, 4) is 0 Å². The smallest absolute Gasteiger partial charge is 0.184 e. The van der Waals surface area contributed by atoms with Crippen molar-refractivity contribution in [2.45, 2.75) is 36.9 Å². The van der Waals surface area contributed by atoms with Gasteiger partial charge >= 0.3 is 0 Å². The molecule has 0 bridgehead atoms. The van der Waals surface area contributed by atoms with E-state index in [2.05, 4.69) is 10.0 Å². The molecule has 2 aliphatic rings. The number of rotatable bonds is 2. The third kappa shape index (κ3) is 2.73. The lowest BCUT2D eigenvalue weighted by Crippen LogP contribution is -2.61. The first kappa shape index (κ1) is 14.3. The van der Waals surface area contributed by atoms with Gasteiger partial charge in [-0.05, 0) is 5.53 Å². The maximum absolute atomic E-state index is 10.2. The first-order valence-corrected chi connectivity index (χ1v) is 6.58. The normalized spacial score (nSPS) is 39.1. The zero-order valence-electron chi connectivity index (χ0n) is 11.0. The molecule has 6 atom stereocenters. The average molecular weight is 293 g/mol. The minimum atomic E-state index is -1.38. The molecule has 1 aromatic carbocycles. The highest BCUT2D eigenvalue weighted by molar-refractivity contribution is 5.16. The van der Waals surface area contributed by atoms with E-state index in [4.69, 9.17) is 19.7 Å². The summed E-state index contributed by atoms with van der Waals surface area (Å²) in [6.07, 6.45) is -4.52. The van der Waals surface area contributed by atoms with Crippen LogP contribution in [0.15, 0.2) is 35.4 Å². The summed E-state index contributed by atoms with van der Waals surface area (Å²) in [5.74, 6) is 0. The Balaban J connectivity index is 1.78. The molecule has 2 heterocycles. The minimum absolute atomic E-state index is 0.168. The minimum Gasteiger partial charge on any atom is -0.390 e. The first-order valence-electron chi connectivity index (χ1n) is 6.58. The zero-order valence-corrected chi connectivity index (χ0v) is 11.0. The topological polar surface area (TPSA) is 117 Å². The van der Waals surface area contributed by atoms with Crippen LogP contribution >= 0.6 is 0 Å². The Morgan fingerprint density at radius 2 is 1.95 bits per heavy atom. The van der Waals surface area contributed by atoms with E-state index in [1.54, 1.807) is 0 Å². The Labute approximate surface area is 120 Å². The molecule has 2 N–H and O–H groups in total. The number of aliphatic hydroxyl groups is 2. The fourth-order valence-electron chi connectivity index (χ4n) is 2.56. The number of hydrogen-bond acceptors (Lipinski definition) is 6. The van der Waals surface area contributed by atoms with Gasteiger partial charge in [0.1, 0.15) is 18.2 Å². The van der Waals surface area contributed by atoms with E-state index < -0.39 is 36.9 Å². The molecule has 0 aromatic heterocycles. The van der Waals surface area contributed by atoms with Gasteiger partial charge in [0.15, 0.2) is 12.6 Å². The lowest BCUT2D eigenvalue weighted by atomic mass is 9.96. The molecule has 1 aromatic rings. The van der Waals surface area contributed by atoms with Crippen molar-refractivity contribution >= 4 is 0 Å². The van der Waals surface area contributed by atoms with Crippen LogP contribution in [0.2, 0.25) is 0 Å². The fraction of sp³-hybridized carbons (Fsp3) is 0.538. The van der Waals surface area contributed by atoms with Gasteiger partial charge in [0, 0.05) is 10.5 Å². The molecule has 0 radical (unpaired) electrons. The summed E-state index contributed by atoms with van der Waals surface area (Å²) in [5.41, 5.74) is 9.31. The van der Waals surface area contributed by atoms with Crippen LogP contribution < -0.4 is 0 Å². The van der Waals surface area contributed by atoms with E-state index in [9.17, 15) is 10.2 Å². The van der Waals surface area contributed by atoms with Crippen molar-refractivity contribution in [1.82, 2.24) is 0 Å². The van der Waals surface area contributed by atoms with Gasteiger partial charge in [-0.1, -0.05) is 35.4 Å². The van der Waals surface area contributed by atoms with Gasteiger partial charge in [0.25, 0.3) is 0 Å². The zero-order chi connectivity index (χ0) is 14.8. The van der Waals surface area contributed by atoms with Crippen LogP contribution in [0.3, 0.4) is 0 Å². The van der Waals surface area contributed by atoms with Crippen molar-refractivity contribution in [2.75, 3.05) is 6.61 Å². The molecule has 8 nitrogen and oxygen atoms in total. The number of aliphatic hydroxyl groups excluding tert-OH is 2. The van der Waals surface area contributed by atoms with Crippen molar-refractivity contribution in [2.24, 2.45) is 5.11 Å². The van der Waals surface area contributed by atoms with Crippen LogP contribution in [-0.2, 0) is 14.2 Å². The van der Waals surface area contributed by atoms with Crippen LogP contribution in [0, 0.1) is 0 Å². The Kier molecular flexibility index (Phi) is 4.07. The molecule has 2 fully saturated rings. The van der Waals surface area contributed by atoms with Crippen LogP contribution in [-0.4, -0.2) is 47.5 Å². The van der Waals surface area contributed by atoms with Crippen LogP contribution in [0.4, 0.5) is 0 Å². The quantitative estimate of drug-likeness (QED) is 0.476. The molecule has 21 heavy (non-hydrogen) atoms. The summed E-state index contributed by atoms with van der Waals surface area (Å²) in [5, 5.41) is 23.3. The van der Waals surface area contributed by atoms with Crippen molar-refractivity contribution in [1.29, 1.82) is 0 Å². The maximum atomic E-state index is 10.2. The third-order valence-electron chi connectivity index (χ3n) is 3.61. The average Bonchev–Trinajstić information content (AvgIpc) is 2.52. The monoisotopic (exact) mass is 293 g/mol. The Hall–Kier alpha value is -1.67. The largest absolute Gasteiger partial charge is 0.390 e. The molecule has 0 saturated carbocycles. The molecule has 0 amide bonds. The van der Waals surface area contributed by atoms with Gasteiger partial charge in [0.05, 0.1) is 12.7 Å². The van der Waals surface area contributed by atoms with E-state index in [-0.39, 0.29) is 6.61 Å². The molecule has 0 aliphatic carbocycles. The number of azide groups is 1. The van der Waals surface area contributed by atoms with Crippen LogP contribution in [0.1, 0.15) is 11.9 Å². The summed E-state index contributed by atoms with van der Waals surface area (Å²) in [6, 6.07) is 8.18. The molecular formula is C13H15N3O5. The summed E-state index contributed by atoms with van der Waals surface area (Å²) in [4.78, 5) is 2.61. The van der Waals surface area contributed by atoms with Crippen molar-refractivity contribution in [3.05, 3.63) is 46.3 Å². The van der Waals surface area contributed by atoms with Gasteiger partial charge < -0.3 is 24.4 Å². The lowest BCUT2D eigenvalue weighted by Gasteiger charge is -2.45. The molecule has 2 aliphatic heterocycles. The van der Waals surface area contributed by atoms with E-state index in [1.165, 1.54) is 0 Å². The maximum Gasteiger partial charge on any atom is 0.184 e. The van der Waals surface area contributed by atoms with E-state index in [0.29, 0.717) is 0 Å². The Bertz CT molecular complexity index is 536. The van der Waals surface area contributed by atoms with Crippen molar-refractivity contribution < 1.29 is 24.4 Å². The predicted molar refractivity (Wildman–Crippen MR) is 69.8 cm³/mol. The second-order valence-electron chi connectivity index (χ2n) is 4.93. The van der Waals surface area contributed by atoms with Gasteiger partial charge in [-0.3, -0.25) is 0 Å². The summed E-state index contributed by atoms with van der Waals surface area (Å²) in [6.45, 7) is 0.168. The van der Waals surface area contributed by atoms with E-state index in [1.807, 2.05) is 30.3 Å². The number of ether oxygens (including phenoxy) is 3.